The Balaban J connectivity index is 1.31. The summed E-state index contributed by atoms with van der Waals surface area (Å²) in [5.41, 5.74) is 36.2. The Morgan fingerprint density at radius 2 is 0.571 bits per heavy atom. The monoisotopic (exact) mass is 1090 g/mol. The third kappa shape index (κ3) is 7.79. The van der Waals surface area contributed by atoms with Crippen LogP contribution in [0.2, 0.25) is 0 Å². The number of hydrogen-bond acceptors (Lipinski definition) is 0. The van der Waals surface area contributed by atoms with E-state index in [9.17, 15) is 0 Å². The van der Waals surface area contributed by atoms with Gasteiger partial charge in [-0.25, -0.2) is 0 Å². The first-order valence-corrected chi connectivity index (χ1v) is 32.0. The van der Waals surface area contributed by atoms with E-state index in [1.165, 1.54) is 176 Å². The van der Waals surface area contributed by atoms with Gasteiger partial charge in [-0.2, -0.15) is 0 Å². The fourth-order valence-corrected chi connectivity index (χ4v) is 16.1. The normalized spacial score (nSPS) is 14.5. The first-order valence-electron chi connectivity index (χ1n) is 32.0. The van der Waals surface area contributed by atoms with Gasteiger partial charge < -0.3 is 0 Å². The highest BCUT2D eigenvalue weighted by Gasteiger charge is 2.46. The molecule has 0 radical (unpaired) electrons. The van der Waals surface area contributed by atoms with Gasteiger partial charge in [0, 0.05) is 0 Å². The Morgan fingerprint density at radius 1 is 0.274 bits per heavy atom. The second-order valence-electron chi connectivity index (χ2n) is 33.3. The van der Waals surface area contributed by atoms with E-state index in [0.29, 0.717) is 11.8 Å². The van der Waals surface area contributed by atoms with E-state index in [-0.39, 0.29) is 45.9 Å². The molecule has 0 aromatic heterocycles. The van der Waals surface area contributed by atoms with Crippen molar-refractivity contribution in [1.29, 1.82) is 0 Å². The van der Waals surface area contributed by atoms with Crippen molar-refractivity contribution >= 4 is 78.5 Å². The molecule has 422 valence electrons. The zero-order valence-electron chi connectivity index (χ0n) is 54.9. The average molecular weight is 1100 g/mol. The van der Waals surface area contributed by atoms with Crippen LogP contribution < -0.4 is 32.8 Å². The van der Waals surface area contributed by atoms with Crippen LogP contribution in [0.15, 0.2) is 121 Å². The Morgan fingerprint density at radius 3 is 0.857 bits per heavy atom. The summed E-state index contributed by atoms with van der Waals surface area (Å²) >= 11 is 0. The molecule has 0 fully saturated rings. The highest BCUT2D eigenvalue weighted by molar-refractivity contribution is 7.03. The van der Waals surface area contributed by atoms with Crippen molar-refractivity contribution in [3.05, 3.63) is 166 Å². The smallest absolute Gasteiger partial charge is 0.0664 e. The number of rotatable bonds is 4. The highest BCUT2D eigenvalue weighted by Crippen LogP contribution is 2.56. The molecule has 0 N–H and O–H groups in total. The molecule has 2 heteroatoms. The van der Waals surface area contributed by atoms with Crippen molar-refractivity contribution in [2.24, 2.45) is 0 Å². The number of benzene rings is 10. The highest BCUT2D eigenvalue weighted by atomic mass is 14.4. The second-order valence-corrected chi connectivity index (χ2v) is 33.3. The summed E-state index contributed by atoms with van der Waals surface area (Å²) in [5, 5.41) is 8.57. The molecule has 10 aromatic rings. The van der Waals surface area contributed by atoms with Crippen molar-refractivity contribution in [2.45, 2.75) is 197 Å². The van der Waals surface area contributed by atoms with Crippen LogP contribution in [0, 0.1) is 0 Å². The van der Waals surface area contributed by atoms with E-state index in [4.69, 9.17) is 0 Å². The molecule has 0 nitrogen and oxygen atoms in total. The lowest BCUT2D eigenvalue weighted by atomic mass is 9.34. The Kier molecular flexibility index (Phi) is 11.5. The van der Waals surface area contributed by atoms with Gasteiger partial charge in [0.25, 0.3) is 0 Å². The van der Waals surface area contributed by atoms with E-state index in [0.717, 1.165) is 0 Å². The lowest BCUT2D eigenvalue weighted by Gasteiger charge is -2.37. The van der Waals surface area contributed by atoms with Crippen LogP contribution in [0.25, 0.3) is 99.1 Å². The summed E-state index contributed by atoms with van der Waals surface area (Å²) in [6.07, 6.45) is 0. The van der Waals surface area contributed by atoms with E-state index in [1.54, 1.807) is 0 Å². The minimum absolute atomic E-state index is 0.0415. The van der Waals surface area contributed by atoms with Crippen LogP contribution in [0.4, 0.5) is 0 Å². The molecule has 0 aliphatic carbocycles. The fraction of sp³-hybridized carbons (Fsp3) is 0.366. The van der Waals surface area contributed by atoms with Gasteiger partial charge in [0.2, 0.25) is 13.4 Å². The number of hydrogen-bond donors (Lipinski definition) is 0. The van der Waals surface area contributed by atoms with Crippen LogP contribution in [-0.2, 0) is 32.5 Å². The SMILES string of the molecule is CC(C)c1cc2c3c(c1)-c1cc(-c4c(C(C)(C)C)cc(C(C)(C)C)cc4C(C)(C)C)c4cc5c6c(cc(-c7c(C(C)(C)C)cc(C(C)(C)C)cc7C(C)(C)C)c7cc(c1c4c76)B3c1ccccc1-2)-c1cc(C(C)C)cc2c1B5c1ccccc1-2. The molecule has 0 saturated carbocycles. The van der Waals surface area contributed by atoms with Gasteiger partial charge in [-0.05, 0) is 200 Å². The van der Waals surface area contributed by atoms with Gasteiger partial charge in [0.1, 0.15) is 0 Å². The van der Waals surface area contributed by atoms with Crippen molar-refractivity contribution in [3.63, 3.8) is 0 Å². The summed E-state index contributed by atoms with van der Waals surface area (Å²) in [6, 6.07) is 50.9. The molecule has 0 atom stereocenters. The summed E-state index contributed by atoms with van der Waals surface area (Å²) in [6.45, 7) is 53.8. The molecule has 10 aromatic carbocycles. The molecule has 0 bridgehead atoms. The number of fused-ring (bicyclic) bond motifs is 10. The van der Waals surface area contributed by atoms with Gasteiger partial charge in [-0.1, -0.05) is 294 Å². The van der Waals surface area contributed by atoms with E-state index in [2.05, 4.69) is 274 Å². The van der Waals surface area contributed by atoms with Crippen LogP contribution in [0.5, 0.6) is 0 Å². The molecule has 14 rings (SSSR count). The fourth-order valence-electron chi connectivity index (χ4n) is 16.1. The molecular formula is C82H88B2. The summed E-state index contributed by atoms with van der Waals surface area (Å²) in [4.78, 5) is 0. The van der Waals surface area contributed by atoms with E-state index in [1.807, 2.05) is 0 Å². The third-order valence-corrected chi connectivity index (χ3v) is 20.6. The standard InChI is InChI=1S/C82H88B2/c1-43(2)45-31-57-49-27-23-25-29-65(49)83-67-41-56-52(70-63(81(17,18)19)37-48(78(8,9)10)38-64(70)82(20,21)22)40-54-60-34-46(44(3)4)32-58-50-28-24-26-30-66(50)84(76(58)60)68-42-55-51(39-53(59(33-45)75(57)83)71(67)73(55)74(56)72(54)68)69-61(79(11,12)13)35-47(77(5,6)7)36-62(69)80(14,15)16/h23-44H,1-22H3. The van der Waals surface area contributed by atoms with Gasteiger partial charge in [-0.3, -0.25) is 0 Å². The molecular weight excluding hydrogens is 1010 g/mol. The van der Waals surface area contributed by atoms with Crippen molar-refractivity contribution in [3.8, 4) is 66.8 Å². The molecule has 0 spiro atoms. The van der Waals surface area contributed by atoms with Gasteiger partial charge in [0.15, 0.2) is 0 Å². The Bertz CT molecular complexity index is 4160. The summed E-state index contributed by atoms with van der Waals surface area (Å²) in [5.74, 6) is 0.727. The first-order chi connectivity index (χ1) is 39.1. The maximum atomic E-state index is 2.78. The largest absolute Gasteiger partial charge is 0.244 e. The van der Waals surface area contributed by atoms with Gasteiger partial charge in [-0.15, -0.1) is 0 Å². The zero-order valence-corrected chi connectivity index (χ0v) is 54.9. The molecule has 4 heterocycles. The van der Waals surface area contributed by atoms with E-state index < -0.39 is 0 Å². The minimum atomic E-state index is -0.165. The average Bonchev–Trinajstić information content (AvgIpc) is 1.14. The quantitative estimate of drug-likeness (QED) is 0.122. The van der Waals surface area contributed by atoms with Crippen molar-refractivity contribution in [1.82, 2.24) is 0 Å². The molecule has 84 heavy (non-hydrogen) atoms. The maximum Gasteiger partial charge on any atom is 0.244 e. The molecule has 4 aliphatic heterocycles. The van der Waals surface area contributed by atoms with Crippen LogP contribution in [0.3, 0.4) is 0 Å². The predicted octanol–water partition coefficient (Wildman–Crippen LogP) is 18.9. The second kappa shape index (κ2) is 17.5. The predicted molar refractivity (Wildman–Crippen MR) is 372 cm³/mol. The van der Waals surface area contributed by atoms with Crippen LogP contribution in [-0.4, -0.2) is 13.4 Å². The zero-order chi connectivity index (χ0) is 59.9. The van der Waals surface area contributed by atoms with Gasteiger partial charge in [0.05, 0.1) is 0 Å². The Hall–Kier alpha value is -6.63. The minimum Gasteiger partial charge on any atom is -0.0664 e. The molecule has 0 saturated heterocycles. The Labute approximate surface area is 504 Å². The van der Waals surface area contributed by atoms with Crippen molar-refractivity contribution < 1.29 is 0 Å². The maximum absolute atomic E-state index is 2.78. The molecule has 0 unspecified atom stereocenters. The van der Waals surface area contributed by atoms with Crippen LogP contribution in [0.1, 0.15) is 209 Å². The third-order valence-electron chi connectivity index (χ3n) is 20.6. The van der Waals surface area contributed by atoms with Crippen LogP contribution >= 0.6 is 0 Å². The lowest BCUT2D eigenvalue weighted by Crippen LogP contribution is -2.53. The molecule has 4 aliphatic rings. The van der Waals surface area contributed by atoms with Gasteiger partial charge >= 0.3 is 0 Å². The van der Waals surface area contributed by atoms with Crippen molar-refractivity contribution in [2.75, 3.05) is 0 Å². The topological polar surface area (TPSA) is 0 Å². The van der Waals surface area contributed by atoms with E-state index >= 15 is 0 Å². The first kappa shape index (κ1) is 55.3. The molecule has 0 amide bonds. The lowest BCUT2D eigenvalue weighted by molar-refractivity contribution is 0.550. The summed E-state index contributed by atoms with van der Waals surface area (Å²) < 4.78 is 0. The summed E-state index contributed by atoms with van der Waals surface area (Å²) in [7, 11) is 0.